The van der Waals surface area contributed by atoms with Gasteiger partial charge in [-0.25, -0.2) is 0 Å². The van der Waals surface area contributed by atoms with Gasteiger partial charge in [-0.3, -0.25) is 0 Å². The molecule has 0 atom stereocenters. The number of nitrogens with zero attached hydrogens (tertiary/aromatic N) is 1. The van der Waals surface area contributed by atoms with Crippen LogP contribution in [0.5, 0.6) is 0 Å². The van der Waals surface area contributed by atoms with Crippen molar-refractivity contribution in [3.63, 3.8) is 0 Å². The van der Waals surface area contributed by atoms with Crippen LogP contribution in [0.1, 0.15) is 0 Å². The summed E-state index contributed by atoms with van der Waals surface area (Å²) < 4.78 is 0. The maximum absolute atomic E-state index is 9.11. The highest BCUT2D eigenvalue weighted by Gasteiger charge is 2.02. The highest BCUT2D eigenvalue weighted by Crippen LogP contribution is 2.26. The van der Waals surface area contributed by atoms with E-state index in [1.54, 1.807) is 0 Å². The van der Waals surface area contributed by atoms with Crippen molar-refractivity contribution >= 4 is 29.4 Å². The van der Waals surface area contributed by atoms with Gasteiger partial charge >= 0.3 is 7.48 Å². The Morgan fingerprint density at radius 1 is 0.762 bits per heavy atom. The van der Waals surface area contributed by atoms with Crippen molar-refractivity contribution in [2.45, 2.75) is 0 Å². The quantitative estimate of drug-likeness (QED) is 0.742. The first-order valence-electron chi connectivity index (χ1n) is 7.09. The average Bonchev–Trinajstić information content (AvgIpc) is 2.54. The monoisotopic (exact) mass is 275 g/mol. The first kappa shape index (κ1) is 13.7. The molecule has 0 aliphatic carbocycles. The summed E-state index contributed by atoms with van der Waals surface area (Å²) in [7, 11) is 4.20. The largest absolute Gasteiger partial charge is 0.449 e. The topological polar surface area (TPSA) is 23.5 Å². The Hall–Kier alpha value is -2.26. The van der Waals surface area contributed by atoms with Crippen LogP contribution in [0.2, 0.25) is 0 Å². The van der Waals surface area contributed by atoms with Crippen LogP contribution in [-0.4, -0.2) is 26.6 Å². The first-order valence-corrected chi connectivity index (χ1v) is 7.09. The summed E-state index contributed by atoms with van der Waals surface area (Å²) in [6.45, 7) is 0. The fraction of sp³-hybridized carbons (Fsp3) is 0.111. The number of benzene rings is 3. The molecule has 0 radical (unpaired) electrons. The molecule has 0 bridgehead atoms. The van der Waals surface area contributed by atoms with Crippen LogP contribution in [0.25, 0.3) is 21.9 Å². The maximum Gasteiger partial charge on any atom is 0.304 e. The lowest BCUT2D eigenvalue weighted by atomic mass is 9.87. The van der Waals surface area contributed by atoms with Gasteiger partial charge in [0.1, 0.15) is 0 Å². The molecule has 0 saturated heterocycles. The number of fused-ring (bicyclic) bond motifs is 1. The Morgan fingerprint density at radius 2 is 1.38 bits per heavy atom. The predicted octanol–water partition coefficient (Wildman–Crippen LogP) is 2.54. The first-order chi connectivity index (χ1) is 10.2. The third-order valence-corrected chi connectivity index (χ3v) is 3.81. The van der Waals surface area contributed by atoms with Gasteiger partial charge in [-0.15, -0.1) is 0 Å². The molecule has 3 aromatic carbocycles. The van der Waals surface area contributed by atoms with E-state index >= 15 is 0 Å². The molecule has 104 valence electrons. The second-order valence-corrected chi connectivity index (χ2v) is 5.50. The molecular formula is C18H18BNO. The number of anilines is 1. The highest BCUT2D eigenvalue weighted by molar-refractivity contribution is 6.45. The zero-order chi connectivity index (χ0) is 14.8. The van der Waals surface area contributed by atoms with Gasteiger partial charge in [0, 0.05) is 19.8 Å². The van der Waals surface area contributed by atoms with E-state index in [9.17, 15) is 0 Å². The molecule has 21 heavy (non-hydrogen) atoms. The molecule has 0 amide bonds. The second-order valence-electron chi connectivity index (χ2n) is 5.50. The molecule has 1 N–H and O–H groups in total. The van der Waals surface area contributed by atoms with Gasteiger partial charge in [0.05, 0.1) is 0 Å². The van der Waals surface area contributed by atoms with Gasteiger partial charge < -0.3 is 9.92 Å². The highest BCUT2D eigenvalue weighted by atomic mass is 16.2. The molecule has 3 rings (SSSR count). The van der Waals surface area contributed by atoms with Crippen molar-refractivity contribution in [1.82, 2.24) is 0 Å². The van der Waals surface area contributed by atoms with Gasteiger partial charge in [-0.2, -0.15) is 0 Å². The van der Waals surface area contributed by atoms with Crippen molar-refractivity contribution in [2.75, 3.05) is 19.0 Å². The zero-order valence-corrected chi connectivity index (χ0v) is 12.4. The van der Waals surface area contributed by atoms with E-state index in [0.29, 0.717) is 0 Å². The molecule has 0 aliphatic heterocycles. The van der Waals surface area contributed by atoms with E-state index in [0.717, 1.165) is 5.46 Å². The molecule has 0 aliphatic rings. The lowest BCUT2D eigenvalue weighted by molar-refractivity contribution is 0.615. The second kappa shape index (κ2) is 5.62. The average molecular weight is 275 g/mol. The van der Waals surface area contributed by atoms with Gasteiger partial charge in [0.15, 0.2) is 0 Å². The normalized spacial score (nSPS) is 10.6. The standard InChI is InChI=1S/C18H18BNO/c1-20(2)18-10-7-15-11-14(3-4-16(15)12-18)13-5-8-17(19-21)9-6-13/h3-12,19,21H,1-2H3. The van der Waals surface area contributed by atoms with Crippen LogP contribution in [0.4, 0.5) is 5.69 Å². The van der Waals surface area contributed by atoms with Crippen LogP contribution in [0.15, 0.2) is 60.7 Å². The Labute approximate surface area is 125 Å². The SMILES string of the molecule is CN(C)c1ccc2cc(-c3ccc(BO)cc3)ccc2c1. The summed E-state index contributed by atoms with van der Waals surface area (Å²) in [6, 6.07) is 21.1. The van der Waals surface area contributed by atoms with Gasteiger partial charge in [0.2, 0.25) is 0 Å². The van der Waals surface area contributed by atoms with Crippen LogP contribution in [0, 0.1) is 0 Å². The van der Waals surface area contributed by atoms with Crippen molar-refractivity contribution in [3.05, 3.63) is 60.7 Å². The Kier molecular flexibility index (Phi) is 3.67. The molecule has 0 aromatic heterocycles. The molecule has 0 spiro atoms. The van der Waals surface area contributed by atoms with Crippen LogP contribution < -0.4 is 10.4 Å². The van der Waals surface area contributed by atoms with E-state index in [1.165, 1.54) is 27.6 Å². The van der Waals surface area contributed by atoms with E-state index < -0.39 is 0 Å². The summed E-state index contributed by atoms with van der Waals surface area (Å²) >= 11 is 0. The maximum atomic E-state index is 9.11. The fourth-order valence-corrected chi connectivity index (χ4v) is 2.49. The van der Waals surface area contributed by atoms with Crippen molar-refractivity contribution in [2.24, 2.45) is 0 Å². The van der Waals surface area contributed by atoms with E-state index in [2.05, 4.69) is 67.5 Å². The van der Waals surface area contributed by atoms with Gasteiger partial charge in [-0.1, -0.05) is 47.9 Å². The summed E-state index contributed by atoms with van der Waals surface area (Å²) in [5.74, 6) is 0. The van der Waals surface area contributed by atoms with E-state index in [-0.39, 0.29) is 7.48 Å². The molecule has 3 aromatic rings. The van der Waals surface area contributed by atoms with Crippen molar-refractivity contribution < 1.29 is 5.02 Å². The summed E-state index contributed by atoms with van der Waals surface area (Å²) in [5, 5.41) is 11.6. The predicted molar refractivity (Wildman–Crippen MR) is 92.7 cm³/mol. The lowest BCUT2D eigenvalue weighted by Crippen LogP contribution is -2.11. The summed E-state index contributed by atoms with van der Waals surface area (Å²) in [6.07, 6.45) is 0. The minimum absolute atomic E-state index is 0.0886. The van der Waals surface area contributed by atoms with Crippen LogP contribution in [0.3, 0.4) is 0 Å². The lowest BCUT2D eigenvalue weighted by Gasteiger charge is -2.13. The third kappa shape index (κ3) is 2.78. The molecule has 0 heterocycles. The number of rotatable bonds is 3. The summed E-state index contributed by atoms with van der Waals surface area (Å²) in [4.78, 5) is 2.11. The van der Waals surface area contributed by atoms with Crippen LogP contribution in [-0.2, 0) is 0 Å². The minimum atomic E-state index is 0.0886. The third-order valence-electron chi connectivity index (χ3n) is 3.81. The molecule has 0 fully saturated rings. The molecule has 2 nitrogen and oxygen atoms in total. The molecule has 0 saturated carbocycles. The minimum Gasteiger partial charge on any atom is -0.449 e. The Bertz CT molecular complexity index is 766. The Morgan fingerprint density at radius 3 is 2.05 bits per heavy atom. The number of hydrogen-bond donors (Lipinski definition) is 1. The van der Waals surface area contributed by atoms with Crippen LogP contribution >= 0.6 is 0 Å². The van der Waals surface area contributed by atoms with Crippen molar-refractivity contribution in [3.8, 4) is 11.1 Å². The smallest absolute Gasteiger partial charge is 0.304 e. The molecular weight excluding hydrogens is 257 g/mol. The van der Waals surface area contributed by atoms with Gasteiger partial charge in [-0.05, 0) is 40.1 Å². The fourth-order valence-electron chi connectivity index (χ4n) is 2.49. The summed E-state index contributed by atoms with van der Waals surface area (Å²) in [5.41, 5.74) is 4.52. The Balaban J connectivity index is 2.02. The van der Waals surface area contributed by atoms with Gasteiger partial charge in [0.25, 0.3) is 0 Å². The van der Waals surface area contributed by atoms with E-state index in [1.807, 2.05) is 12.1 Å². The molecule has 0 unspecified atom stereocenters. The van der Waals surface area contributed by atoms with E-state index in [4.69, 9.17) is 5.02 Å². The zero-order valence-electron chi connectivity index (χ0n) is 12.4. The molecule has 3 heteroatoms. The number of hydrogen-bond acceptors (Lipinski definition) is 2. The van der Waals surface area contributed by atoms with Crippen molar-refractivity contribution in [1.29, 1.82) is 0 Å².